The van der Waals surface area contributed by atoms with Gasteiger partial charge in [-0.1, -0.05) is 42.0 Å². The van der Waals surface area contributed by atoms with Crippen molar-refractivity contribution in [2.75, 3.05) is 0 Å². The van der Waals surface area contributed by atoms with Crippen molar-refractivity contribution in [3.05, 3.63) is 88.7 Å². The lowest BCUT2D eigenvalue weighted by molar-refractivity contribution is 0.0987. The van der Waals surface area contributed by atoms with Crippen molar-refractivity contribution in [1.29, 1.82) is 0 Å². The minimum absolute atomic E-state index is 0.0953. The fourth-order valence-corrected chi connectivity index (χ4v) is 4.29. The predicted octanol–water partition coefficient (Wildman–Crippen LogP) is 6.23. The summed E-state index contributed by atoms with van der Waals surface area (Å²) in [6.07, 6.45) is 2.86. The lowest BCUT2D eigenvalue weighted by Crippen LogP contribution is -2.00. The average Bonchev–Trinajstić information content (AvgIpc) is 3.08. The lowest BCUT2D eigenvalue weighted by Gasteiger charge is -2.06. The molecule has 0 spiro atoms. The fraction of sp³-hybridized carbons (Fsp3) is 0.130. The second-order valence-electron chi connectivity index (χ2n) is 6.58. The number of nitrogens with zero attached hydrogens (tertiary/aromatic N) is 1. The van der Waals surface area contributed by atoms with Crippen molar-refractivity contribution in [1.82, 2.24) is 4.98 Å². The predicted molar refractivity (Wildman–Crippen MR) is 109 cm³/mol. The maximum Gasteiger partial charge on any atom is 0.173 e. The van der Waals surface area contributed by atoms with E-state index in [4.69, 9.17) is 0 Å². The van der Waals surface area contributed by atoms with E-state index in [1.807, 2.05) is 19.1 Å². The Kier molecular flexibility index (Phi) is 4.82. The number of fused-ring (bicyclic) bond motifs is 1. The van der Waals surface area contributed by atoms with E-state index in [0.29, 0.717) is 17.7 Å². The first-order valence-corrected chi connectivity index (χ1v) is 9.65. The summed E-state index contributed by atoms with van der Waals surface area (Å²) in [5.41, 5.74) is 4.06. The summed E-state index contributed by atoms with van der Waals surface area (Å²) in [4.78, 5) is 19.0. The molecule has 134 valence electrons. The Hall–Kier alpha value is -2.85. The van der Waals surface area contributed by atoms with Gasteiger partial charge in [0.2, 0.25) is 0 Å². The molecule has 0 aliphatic rings. The molecule has 0 atom stereocenters. The summed E-state index contributed by atoms with van der Waals surface area (Å²) < 4.78 is 13.4. The van der Waals surface area contributed by atoms with E-state index in [0.717, 1.165) is 26.9 Å². The van der Waals surface area contributed by atoms with Gasteiger partial charge in [0.05, 0.1) is 4.88 Å². The highest BCUT2D eigenvalue weighted by Gasteiger charge is 2.20. The highest BCUT2D eigenvalue weighted by Crippen LogP contribution is 2.38. The zero-order chi connectivity index (χ0) is 18.8. The first kappa shape index (κ1) is 17.6. The van der Waals surface area contributed by atoms with Crippen LogP contribution in [-0.2, 0) is 6.42 Å². The third-order valence-corrected chi connectivity index (χ3v) is 5.77. The highest BCUT2D eigenvalue weighted by molar-refractivity contribution is 7.21. The number of hydrogen-bond donors (Lipinski definition) is 0. The van der Waals surface area contributed by atoms with Gasteiger partial charge >= 0.3 is 0 Å². The van der Waals surface area contributed by atoms with Crippen molar-refractivity contribution in [3.8, 4) is 11.1 Å². The van der Waals surface area contributed by atoms with Crippen LogP contribution in [0.2, 0.25) is 0 Å². The van der Waals surface area contributed by atoms with Gasteiger partial charge in [-0.15, -0.1) is 11.3 Å². The molecule has 4 heteroatoms. The summed E-state index contributed by atoms with van der Waals surface area (Å²) in [5, 5.41) is 0.938. The molecule has 2 aromatic carbocycles. The Morgan fingerprint density at radius 2 is 1.78 bits per heavy atom. The van der Waals surface area contributed by atoms with Crippen molar-refractivity contribution in [2.45, 2.75) is 19.8 Å². The Bertz CT molecular complexity index is 1100. The third-order valence-electron chi connectivity index (χ3n) is 4.61. The molecule has 0 amide bonds. The number of carbonyl (C=O) groups is 1. The standard InChI is InChI=1S/C23H18FNOS/c1-15-4-6-16(7-5-15)8-13-20(26)22-21(17-9-11-18(24)12-10-17)19-3-2-14-25-23(19)27-22/h2-7,9-12,14H,8,13H2,1H3. The number of ketones is 1. The van der Waals surface area contributed by atoms with E-state index in [1.54, 1.807) is 18.3 Å². The smallest absolute Gasteiger partial charge is 0.173 e. The van der Waals surface area contributed by atoms with Crippen LogP contribution >= 0.6 is 11.3 Å². The van der Waals surface area contributed by atoms with Gasteiger partial charge in [-0.3, -0.25) is 4.79 Å². The topological polar surface area (TPSA) is 30.0 Å². The summed E-state index contributed by atoms with van der Waals surface area (Å²) >= 11 is 1.41. The summed E-state index contributed by atoms with van der Waals surface area (Å²) in [6.45, 7) is 2.05. The lowest BCUT2D eigenvalue weighted by atomic mass is 9.99. The van der Waals surface area contributed by atoms with Crippen LogP contribution in [-0.4, -0.2) is 10.8 Å². The van der Waals surface area contributed by atoms with Crippen molar-refractivity contribution < 1.29 is 9.18 Å². The third kappa shape index (κ3) is 3.67. The number of benzene rings is 2. The molecule has 2 nitrogen and oxygen atoms in total. The van der Waals surface area contributed by atoms with Crippen molar-refractivity contribution in [3.63, 3.8) is 0 Å². The quantitative estimate of drug-likeness (QED) is 0.387. The number of halogens is 1. The zero-order valence-electron chi connectivity index (χ0n) is 14.9. The maximum atomic E-state index is 13.4. The van der Waals surface area contributed by atoms with Gasteiger partial charge < -0.3 is 0 Å². The van der Waals surface area contributed by atoms with Gasteiger partial charge in [0, 0.05) is 23.6 Å². The molecule has 4 aromatic rings. The molecule has 0 unspecified atom stereocenters. The molecule has 0 saturated heterocycles. The number of hydrogen-bond acceptors (Lipinski definition) is 3. The van der Waals surface area contributed by atoms with Crippen LogP contribution < -0.4 is 0 Å². The Morgan fingerprint density at radius 1 is 1.04 bits per heavy atom. The largest absolute Gasteiger partial charge is 0.293 e. The van der Waals surface area contributed by atoms with Crippen LogP contribution in [0.1, 0.15) is 27.2 Å². The van der Waals surface area contributed by atoms with Gasteiger partial charge in [-0.05, 0) is 48.7 Å². The molecule has 4 rings (SSSR count). The second-order valence-corrected chi connectivity index (χ2v) is 7.58. The molecule has 0 fully saturated rings. The monoisotopic (exact) mass is 375 g/mol. The number of pyridine rings is 1. The molecule has 0 aliphatic heterocycles. The molecule has 27 heavy (non-hydrogen) atoms. The minimum atomic E-state index is -0.288. The summed E-state index contributed by atoms with van der Waals surface area (Å²) in [5.74, 6) is -0.193. The molecular weight excluding hydrogens is 357 g/mol. The Labute approximate surface area is 161 Å². The van der Waals surface area contributed by atoms with Crippen LogP contribution in [0.15, 0.2) is 66.9 Å². The van der Waals surface area contributed by atoms with E-state index in [2.05, 4.69) is 29.2 Å². The number of aromatic nitrogens is 1. The first-order valence-electron chi connectivity index (χ1n) is 8.84. The fourth-order valence-electron chi connectivity index (χ4n) is 3.16. The number of rotatable bonds is 5. The van der Waals surface area contributed by atoms with Gasteiger partial charge in [0.25, 0.3) is 0 Å². The maximum absolute atomic E-state index is 13.4. The summed E-state index contributed by atoms with van der Waals surface area (Å²) in [7, 11) is 0. The van der Waals surface area contributed by atoms with Gasteiger partial charge in [0.15, 0.2) is 5.78 Å². The van der Waals surface area contributed by atoms with E-state index >= 15 is 0 Å². The van der Waals surface area contributed by atoms with E-state index in [1.165, 1.54) is 29.0 Å². The Balaban J connectivity index is 1.70. The molecular formula is C23H18FNOS. The van der Waals surface area contributed by atoms with Gasteiger partial charge in [-0.2, -0.15) is 0 Å². The first-order chi connectivity index (χ1) is 13.1. The molecule has 2 aromatic heterocycles. The van der Waals surface area contributed by atoms with Crippen LogP contribution in [0.25, 0.3) is 21.3 Å². The zero-order valence-corrected chi connectivity index (χ0v) is 15.7. The molecule has 0 radical (unpaired) electrons. The summed E-state index contributed by atoms with van der Waals surface area (Å²) in [6, 6.07) is 18.4. The van der Waals surface area contributed by atoms with Gasteiger partial charge in [-0.25, -0.2) is 9.37 Å². The molecule has 0 aliphatic carbocycles. The van der Waals surface area contributed by atoms with Crippen LogP contribution in [0, 0.1) is 12.7 Å². The number of thiophene rings is 1. The highest BCUT2D eigenvalue weighted by atomic mass is 32.1. The minimum Gasteiger partial charge on any atom is -0.293 e. The molecule has 0 saturated carbocycles. The van der Waals surface area contributed by atoms with Crippen LogP contribution in [0.5, 0.6) is 0 Å². The number of Topliss-reactive ketones (excluding diaryl/α,β-unsaturated/α-hetero) is 1. The molecule has 2 heterocycles. The molecule has 0 bridgehead atoms. The second kappa shape index (κ2) is 7.41. The Morgan fingerprint density at radius 3 is 2.52 bits per heavy atom. The van der Waals surface area contributed by atoms with Crippen molar-refractivity contribution in [2.24, 2.45) is 0 Å². The SMILES string of the molecule is Cc1ccc(CCC(=O)c2sc3ncccc3c2-c2ccc(F)cc2)cc1. The van der Waals surface area contributed by atoms with E-state index in [-0.39, 0.29) is 11.6 Å². The number of carbonyl (C=O) groups excluding carboxylic acids is 1. The van der Waals surface area contributed by atoms with E-state index < -0.39 is 0 Å². The van der Waals surface area contributed by atoms with Crippen LogP contribution in [0.4, 0.5) is 4.39 Å². The van der Waals surface area contributed by atoms with Crippen molar-refractivity contribution >= 4 is 27.3 Å². The van der Waals surface area contributed by atoms with Crippen LogP contribution in [0.3, 0.4) is 0 Å². The molecule has 0 N–H and O–H groups in total. The van der Waals surface area contributed by atoms with E-state index in [9.17, 15) is 9.18 Å². The number of aryl methyl sites for hydroxylation is 2. The van der Waals surface area contributed by atoms with Gasteiger partial charge in [0.1, 0.15) is 10.6 Å². The average molecular weight is 375 g/mol. The normalized spacial score (nSPS) is 11.0.